The number of hydrogen-bond acceptors (Lipinski definition) is 4. The van der Waals surface area contributed by atoms with E-state index in [2.05, 4.69) is 55.5 Å². The molecule has 4 nitrogen and oxygen atoms in total. The van der Waals surface area contributed by atoms with Crippen LogP contribution < -0.4 is 14.9 Å². The van der Waals surface area contributed by atoms with Crippen LogP contribution in [0, 0.1) is 13.8 Å². The van der Waals surface area contributed by atoms with Gasteiger partial charge in [0.1, 0.15) is 11.5 Å². The average molecular weight is 439 g/mol. The van der Waals surface area contributed by atoms with Gasteiger partial charge in [-0.25, -0.2) is 4.99 Å². The van der Waals surface area contributed by atoms with Crippen molar-refractivity contribution >= 4 is 23.1 Å². The maximum Gasteiger partial charge on any atom is 0.271 e. The lowest BCUT2D eigenvalue weighted by Gasteiger charge is -2.30. The van der Waals surface area contributed by atoms with Crippen LogP contribution in [0.2, 0.25) is 0 Å². The molecule has 0 amide bonds. The third-order valence-corrected chi connectivity index (χ3v) is 7.28. The molecule has 0 saturated heterocycles. The SMILES string of the molecule is Cc1ccc(C2C3=C(N=c4s/c(=C\c5ccc(C)o5)c(=O)n42)c2ccccc2CC3)cc1. The summed E-state index contributed by atoms with van der Waals surface area (Å²) in [7, 11) is 0. The number of rotatable bonds is 2. The maximum atomic E-state index is 13.6. The second kappa shape index (κ2) is 7.31. The number of aryl methyl sites for hydroxylation is 3. The molecule has 0 fully saturated rings. The number of allylic oxidation sites excluding steroid dienone is 1. The molecular formula is C27H22N2O2S. The van der Waals surface area contributed by atoms with Crippen molar-refractivity contribution in [2.45, 2.75) is 32.7 Å². The number of hydrogen-bond donors (Lipinski definition) is 0. The number of thiazole rings is 1. The van der Waals surface area contributed by atoms with Crippen molar-refractivity contribution in [1.29, 1.82) is 0 Å². The molecule has 1 aliphatic heterocycles. The van der Waals surface area contributed by atoms with Crippen LogP contribution in [0.25, 0.3) is 11.8 Å². The molecule has 0 N–H and O–H groups in total. The van der Waals surface area contributed by atoms with E-state index in [9.17, 15) is 4.79 Å². The number of nitrogens with zero attached hydrogens (tertiary/aromatic N) is 2. The first-order valence-corrected chi connectivity index (χ1v) is 11.7. The zero-order valence-electron chi connectivity index (χ0n) is 18.0. The summed E-state index contributed by atoms with van der Waals surface area (Å²) in [4.78, 5) is 19.4. The van der Waals surface area contributed by atoms with Gasteiger partial charge in [-0.2, -0.15) is 0 Å². The highest BCUT2D eigenvalue weighted by Gasteiger charge is 2.32. The van der Waals surface area contributed by atoms with Crippen LogP contribution in [0.3, 0.4) is 0 Å². The van der Waals surface area contributed by atoms with Crippen LogP contribution in [0.5, 0.6) is 0 Å². The monoisotopic (exact) mass is 438 g/mol. The third-order valence-electron chi connectivity index (χ3n) is 6.30. The van der Waals surface area contributed by atoms with Crippen LogP contribution in [-0.4, -0.2) is 4.57 Å². The Morgan fingerprint density at radius 2 is 1.84 bits per heavy atom. The summed E-state index contributed by atoms with van der Waals surface area (Å²) < 4.78 is 8.22. The van der Waals surface area contributed by atoms with Crippen molar-refractivity contribution in [3.63, 3.8) is 0 Å². The van der Waals surface area contributed by atoms with Crippen LogP contribution in [0.1, 0.15) is 46.2 Å². The molecule has 158 valence electrons. The zero-order valence-corrected chi connectivity index (χ0v) is 18.8. The Morgan fingerprint density at radius 1 is 1.03 bits per heavy atom. The fraction of sp³-hybridized carbons (Fsp3) is 0.185. The van der Waals surface area contributed by atoms with Crippen molar-refractivity contribution in [1.82, 2.24) is 4.57 Å². The van der Waals surface area contributed by atoms with Gasteiger partial charge in [0.15, 0.2) is 4.80 Å². The lowest BCUT2D eigenvalue weighted by atomic mass is 9.83. The maximum absolute atomic E-state index is 13.6. The van der Waals surface area contributed by atoms with Gasteiger partial charge < -0.3 is 4.42 Å². The van der Waals surface area contributed by atoms with E-state index in [4.69, 9.17) is 9.41 Å². The predicted molar refractivity (Wildman–Crippen MR) is 127 cm³/mol. The van der Waals surface area contributed by atoms with Gasteiger partial charge >= 0.3 is 0 Å². The van der Waals surface area contributed by atoms with Crippen molar-refractivity contribution in [3.8, 4) is 0 Å². The molecule has 6 rings (SSSR count). The van der Waals surface area contributed by atoms with Crippen LogP contribution in [0.15, 0.2) is 80.4 Å². The molecule has 3 heterocycles. The van der Waals surface area contributed by atoms with E-state index >= 15 is 0 Å². The highest BCUT2D eigenvalue weighted by atomic mass is 32.1. The molecule has 1 atom stereocenters. The lowest BCUT2D eigenvalue weighted by Crippen LogP contribution is -2.38. The first-order valence-electron chi connectivity index (χ1n) is 10.8. The quantitative estimate of drug-likeness (QED) is 0.462. The molecule has 5 heteroatoms. The first-order chi connectivity index (χ1) is 15.6. The molecule has 4 aromatic rings. The van der Waals surface area contributed by atoms with Gasteiger partial charge in [-0.3, -0.25) is 9.36 Å². The summed E-state index contributed by atoms with van der Waals surface area (Å²) in [5.41, 5.74) is 7.07. The van der Waals surface area contributed by atoms with Gasteiger partial charge in [0, 0.05) is 11.6 Å². The summed E-state index contributed by atoms with van der Waals surface area (Å²) in [5, 5.41) is 0. The fourth-order valence-electron chi connectivity index (χ4n) is 4.73. The number of benzene rings is 2. The normalized spacial score (nSPS) is 17.6. The number of fused-ring (bicyclic) bond motifs is 3. The second-order valence-electron chi connectivity index (χ2n) is 8.47. The van der Waals surface area contributed by atoms with E-state index < -0.39 is 0 Å². The van der Waals surface area contributed by atoms with Crippen LogP contribution >= 0.6 is 11.3 Å². The van der Waals surface area contributed by atoms with E-state index in [1.54, 1.807) is 0 Å². The predicted octanol–water partition coefficient (Wildman–Crippen LogP) is 4.53. The Bertz CT molecular complexity index is 1560. The summed E-state index contributed by atoms with van der Waals surface area (Å²) in [6, 6.07) is 20.7. The fourth-order valence-corrected chi connectivity index (χ4v) is 5.71. The third kappa shape index (κ3) is 3.04. The molecule has 0 radical (unpaired) electrons. The van der Waals surface area contributed by atoms with E-state index in [1.165, 1.54) is 33.6 Å². The molecule has 0 bridgehead atoms. The minimum atomic E-state index is -0.143. The Hall–Kier alpha value is -3.44. The molecule has 2 aromatic heterocycles. The molecule has 2 aromatic carbocycles. The van der Waals surface area contributed by atoms with E-state index in [0.717, 1.165) is 34.7 Å². The lowest BCUT2D eigenvalue weighted by molar-refractivity contribution is 0.524. The molecule has 1 aliphatic carbocycles. The van der Waals surface area contributed by atoms with Gasteiger partial charge in [0.25, 0.3) is 5.56 Å². The number of furan rings is 1. The average Bonchev–Trinajstić information content (AvgIpc) is 3.35. The Labute approximate surface area is 189 Å². The topological polar surface area (TPSA) is 47.5 Å². The molecule has 32 heavy (non-hydrogen) atoms. The molecule has 2 aliphatic rings. The first kappa shape index (κ1) is 19.3. The second-order valence-corrected chi connectivity index (χ2v) is 9.48. The summed E-state index contributed by atoms with van der Waals surface area (Å²) in [6.07, 6.45) is 3.69. The number of aromatic nitrogens is 1. The van der Waals surface area contributed by atoms with Gasteiger partial charge in [-0.15, -0.1) is 0 Å². The smallest absolute Gasteiger partial charge is 0.271 e. The van der Waals surface area contributed by atoms with Crippen LogP contribution in [0.4, 0.5) is 0 Å². The molecule has 1 unspecified atom stereocenters. The summed E-state index contributed by atoms with van der Waals surface area (Å²) in [6.45, 7) is 3.99. The van der Waals surface area contributed by atoms with Gasteiger partial charge in [-0.05, 0) is 55.5 Å². The van der Waals surface area contributed by atoms with Crippen molar-refractivity contribution in [2.75, 3.05) is 0 Å². The molecule has 0 spiro atoms. The zero-order chi connectivity index (χ0) is 21.8. The minimum absolute atomic E-state index is 0.0150. The van der Waals surface area contributed by atoms with E-state index in [-0.39, 0.29) is 11.6 Å². The minimum Gasteiger partial charge on any atom is -0.462 e. The van der Waals surface area contributed by atoms with E-state index in [0.29, 0.717) is 10.3 Å². The van der Waals surface area contributed by atoms with Gasteiger partial charge in [0.2, 0.25) is 0 Å². The van der Waals surface area contributed by atoms with Gasteiger partial charge in [-0.1, -0.05) is 65.4 Å². The Kier molecular flexibility index (Phi) is 4.40. The molecule has 0 saturated carbocycles. The van der Waals surface area contributed by atoms with Crippen molar-refractivity contribution < 1.29 is 4.42 Å². The summed E-state index contributed by atoms with van der Waals surface area (Å²) in [5.74, 6) is 1.52. The highest BCUT2D eigenvalue weighted by molar-refractivity contribution is 7.07. The largest absolute Gasteiger partial charge is 0.462 e. The van der Waals surface area contributed by atoms with Crippen molar-refractivity contribution in [3.05, 3.63) is 120 Å². The molecular weight excluding hydrogens is 416 g/mol. The van der Waals surface area contributed by atoms with Gasteiger partial charge in [0.05, 0.1) is 16.3 Å². The standard InChI is InChI=1S/C27H22N2O2S/c1-16-7-10-19(11-8-16)25-22-14-12-18-5-3-4-6-21(18)24(22)28-27-29(25)26(30)23(32-27)15-20-13-9-17(2)31-20/h3-11,13,15,25H,12,14H2,1-2H3/b23-15-. The van der Waals surface area contributed by atoms with Crippen LogP contribution in [-0.2, 0) is 6.42 Å². The Morgan fingerprint density at radius 3 is 2.62 bits per heavy atom. The van der Waals surface area contributed by atoms with E-state index in [1.807, 2.05) is 29.7 Å². The highest BCUT2D eigenvalue weighted by Crippen LogP contribution is 2.41. The van der Waals surface area contributed by atoms with Crippen molar-refractivity contribution in [2.24, 2.45) is 4.99 Å². The Balaban J connectivity index is 1.64. The summed E-state index contributed by atoms with van der Waals surface area (Å²) >= 11 is 1.43.